The van der Waals surface area contributed by atoms with Gasteiger partial charge in [-0.1, -0.05) is 20.8 Å². The van der Waals surface area contributed by atoms with Gasteiger partial charge in [0.2, 0.25) is 8.32 Å². The van der Waals surface area contributed by atoms with E-state index in [1.54, 1.807) is 0 Å². The van der Waals surface area contributed by atoms with Crippen LogP contribution >= 0.6 is 31.9 Å². The van der Waals surface area contributed by atoms with E-state index in [0.29, 0.717) is 0 Å². The minimum Gasteiger partial charge on any atom is -0.310 e. The molecule has 0 saturated carbocycles. The zero-order valence-electron chi connectivity index (χ0n) is 10.4. The lowest BCUT2D eigenvalue weighted by Crippen LogP contribution is -2.48. The van der Waals surface area contributed by atoms with Crippen molar-refractivity contribution < 1.29 is 14.1 Å². The summed E-state index contributed by atoms with van der Waals surface area (Å²) < 4.78 is 6.12. The monoisotopic (exact) mass is 383 g/mol. The molecule has 0 unspecified atom stereocenters. The Morgan fingerprint density at radius 3 is 1.71 bits per heavy atom. The molecule has 0 radical (unpaired) electrons. The van der Waals surface area contributed by atoms with Crippen molar-refractivity contribution in [2.45, 2.75) is 38.9 Å². The number of halogens is 2. The molecule has 0 aliphatic carbocycles. The highest BCUT2D eigenvalue weighted by Gasteiger charge is 2.46. The first-order chi connectivity index (χ1) is 7.49. The quantitative estimate of drug-likeness (QED) is 0.542. The summed E-state index contributed by atoms with van der Waals surface area (Å²) >= 11 is 6.13. The summed E-state index contributed by atoms with van der Waals surface area (Å²) in [7, 11) is -2.20. The third-order valence-electron chi connectivity index (χ3n) is 3.06. The van der Waals surface area contributed by atoms with E-state index in [1.807, 2.05) is 33.9 Å². The molecule has 0 fully saturated rings. The van der Waals surface area contributed by atoms with E-state index in [1.165, 1.54) is 0 Å². The van der Waals surface area contributed by atoms with Crippen LogP contribution in [0.25, 0.3) is 0 Å². The summed E-state index contributed by atoms with van der Waals surface area (Å²) in [4.78, 5) is 23.6. The summed E-state index contributed by atoms with van der Waals surface area (Å²) in [5, 5.41) is 0.779. The van der Waals surface area contributed by atoms with Gasteiger partial charge in [-0.15, -0.1) is 0 Å². The second-order valence-corrected chi connectivity index (χ2v) is 11.7. The van der Waals surface area contributed by atoms with E-state index in [4.69, 9.17) is 4.53 Å². The van der Waals surface area contributed by atoms with Crippen molar-refractivity contribution in [2.24, 2.45) is 0 Å². The molecule has 0 spiro atoms. The Balaban J connectivity index is 2.94. The maximum absolute atomic E-state index is 11.8. The van der Waals surface area contributed by atoms with Crippen molar-refractivity contribution >= 4 is 52.0 Å². The second kappa shape index (κ2) is 4.60. The average Bonchev–Trinajstić information content (AvgIpc) is 2.34. The first kappa shape index (κ1) is 15.1. The Labute approximate surface area is 119 Å². The maximum Gasteiger partial charge on any atom is 0.292 e. The van der Waals surface area contributed by atoms with Gasteiger partial charge < -0.3 is 4.53 Å². The molecule has 96 valence electrons. The number of amides is 2. The molecule has 1 heterocycles. The smallest absolute Gasteiger partial charge is 0.292 e. The molecule has 0 aromatic rings. The number of nitrogens with zero attached hydrogens (tertiary/aromatic N) is 1. The first-order valence-electron chi connectivity index (χ1n) is 5.12. The topological polar surface area (TPSA) is 46.6 Å². The first-order valence-corrected chi connectivity index (χ1v) is 9.61. The molecule has 7 heteroatoms. The van der Waals surface area contributed by atoms with Gasteiger partial charge in [0.1, 0.15) is 8.96 Å². The van der Waals surface area contributed by atoms with Crippen LogP contribution in [0.4, 0.5) is 0 Å². The van der Waals surface area contributed by atoms with Crippen LogP contribution in [-0.4, -0.2) is 25.2 Å². The van der Waals surface area contributed by atoms with Crippen LogP contribution in [0.5, 0.6) is 0 Å². The molecule has 4 nitrogen and oxygen atoms in total. The summed E-state index contributed by atoms with van der Waals surface area (Å²) in [5.74, 6) is -0.904. The molecule has 0 bridgehead atoms. The molecule has 0 atom stereocenters. The fraction of sp³-hybridized carbons (Fsp3) is 0.600. The lowest BCUT2D eigenvalue weighted by molar-refractivity contribution is -0.165. The van der Waals surface area contributed by atoms with Crippen LogP contribution < -0.4 is 0 Å². The van der Waals surface area contributed by atoms with Crippen molar-refractivity contribution in [3.63, 3.8) is 0 Å². The zero-order chi connectivity index (χ0) is 13.6. The molecule has 1 rings (SSSR count). The molecule has 0 aromatic heterocycles. The predicted molar refractivity (Wildman–Crippen MR) is 75.0 cm³/mol. The number of hydrogen-bond donors (Lipinski definition) is 0. The van der Waals surface area contributed by atoms with Gasteiger partial charge >= 0.3 is 0 Å². The van der Waals surface area contributed by atoms with Gasteiger partial charge in [0, 0.05) is 0 Å². The van der Waals surface area contributed by atoms with Gasteiger partial charge in [-0.25, -0.2) is 0 Å². The summed E-state index contributed by atoms with van der Waals surface area (Å²) in [6, 6.07) is 0. The number of hydroxylamine groups is 2. The number of imide groups is 1. The van der Waals surface area contributed by atoms with E-state index in [-0.39, 0.29) is 14.0 Å². The lowest BCUT2D eigenvalue weighted by atomic mass is 10.2. The van der Waals surface area contributed by atoms with Gasteiger partial charge in [0.25, 0.3) is 11.8 Å². The highest BCUT2D eigenvalue weighted by Crippen LogP contribution is 2.39. The fourth-order valence-corrected chi connectivity index (χ4v) is 2.46. The van der Waals surface area contributed by atoms with E-state index in [0.717, 1.165) is 5.06 Å². The summed E-state index contributed by atoms with van der Waals surface area (Å²) in [6.07, 6.45) is 0. The van der Waals surface area contributed by atoms with E-state index < -0.39 is 20.1 Å². The van der Waals surface area contributed by atoms with E-state index >= 15 is 0 Å². The molecule has 2 amide bonds. The normalized spacial score (nSPS) is 18.4. The Bertz CT molecular complexity index is 388. The van der Waals surface area contributed by atoms with Crippen molar-refractivity contribution in [1.82, 2.24) is 5.06 Å². The minimum atomic E-state index is -2.20. The van der Waals surface area contributed by atoms with Crippen molar-refractivity contribution in [3.05, 3.63) is 8.96 Å². The van der Waals surface area contributed by atoms with Crippen molar-refractivity contribution in [2.75, 3.05) is 0 Å². The maximum atomic E-state index is 11.8. The third kappa shape index (κ3) is 2.72. The van der Waals surface area contributed by atoms with Crippen LogP contribution in [-0.2, 0) is 14.1 Å². The van der Waals surface area contributed by atoms with Crippen molar-refractivity contribution in [1.29, 1.82) is 0 Å². The Morgan fingerprint density at radius 2 is 1.41 bits per heavy atom. The van der Waals surface area contributed by atoms with Crippen LogP contribution in [0.15, 0.2) is 8.96 Å². The highest BCUT2D eigenvalue weighted by atomic mass is 79.9. The van der Waals surface area contributed by atoms with E-state index in [2.05, 4.69) is 31.9 Å². The summed E-state index contributed by atoms with van der Waals surface area (Å²) in [5.41, 5.74) is 0. The minimum absolute atomic E-state index is 0.0743. The highest BCUT2D eigenvalue weighted by molar-refractivity contribution is 9.14. The lowest BCUT2D eigenvalue weighted by Gasteiger charge is -2.37. The van der Waals surface area contributed by atoms with Gasteiger partial charge in [-0.2, -0.15) is 5.06 Å². The van der Waals surface area contributed by atoms with Gasteiger partial charge in [-0.3, -0.25) is 9.59 Å². The number of carbonyl (C=O) groups is 2. The largest absolute Gasteiger partial charge is 0.310 e. The van der Waals surface area contributed by atoms with Gasteiger partial charge in [0.15, 0.2) is 0 Å². The zero-order valence-corrected chi connectivity index (χ0v) is 14.6. The van der Waals surface area contributed by atoms with Crippen LogP contribution in [0.1, 0.15) is 20.8 Å². The van der Waals surface area contributed by atoms with Crippen LogP contribution in [0.3, 0.4) is 0 Å². The number of rotatable bonds is 2. The molecule has 17 heavy (non-hydrogen) atoms. The molecule has 0 aromatic carbocycles. The third-order valence-corrected chi connectivity index (χ3v) is 9.32. The van der Waals surface area contributed by atoms with Crippen LogP contribution in [0.2, 0.25) is 18.1 Å². The van der Waals surface area contributed by atoms with E-state index in [9.17, 15) is 9.59 Å². The summed E-state index contributed by atoms with van der Waals surface area (Å²) in [6.45, 7) is 10.1. The Kier molecular flexibility index (Phi) is 4.08. The SMILES string of the molecule is CC(C)(C)[Si](C)(C)ON1C(=O)C(Br)=C(Br)C1=O. The Morgan fingerprint density at radius 1 is 1.06 bits per heavy atom. The number of hydrogen-bond acceptors (Lipinski definition) is 3. The molecule has 0 N–H and O–H groups in total. The fourth-order valence-electron chi connectivity index (χ4n) is 0.906. The molecule has 1 aliphatic heterocycles. The van der Waals surface area contributed by atoms with Gasteiger partial charge in [0.05, 0.1) is 0 Å². The molecule has 1 aliphatic rings. The Hall–Kier alpha value is 0.0169. The van der Waals surface area contributed by atoms with Crippen molar-refractivity contribution in [3.8, 4) is 0 Å². The molecule has 0 saturated heterocycles. The predicted octanol–water partition coefficient (Wildman–Crippen LogP) is 3.29. The number of carbonyl (C=O) groups excluding carboxylic acids is 2. The van der Waals surface area contributed by atoms with Crippen LogP contribution in [0, 0.1) is 0 Å². The second-order valence-electron chi connectivity index (χ2n) is 5.38. The average molecular weight is 385 g/mol. The molecular formula is C10H15Br2NO3Si. The van der Waals surface area contributed by atoms with Gasteiger partial charge in [-0.05, 0) is 50.0 Å². The standard InChI is InChI=1S/C10H15Br2NO3Si/c1-10(2,3)17(4,5)16-13-8(14)6(11)7(12)9(13)15/h1-5H3. The molecular weight excluding hydrogens is 370 g/mol.